The first-order valence-corrected chi connectivity index (χ1v) is 10.4. The summed E-state index contributed by atoms with van der Waals surface area (Å²) < 4.78 is 3.72. The summed E-state index contributed by atoms with van der Waals surface area (Å²) in [6.45, 7) is 5.86. The van der Waals surface area contributed by atoms with E-state index in [2.05, 4.69) is 71.1 Å². The van der Waals surface area contributed by atoms with E-state index in [0.29, 0.717) is 6.04 Å². The van der Waals surface area contributed by atoms with E-state index >= 15 is 0 Å². The van der Waals surface area contributed by atoms with Gasteiger partial charge in [0.05, 0.1) is 0 Å². The van der Waals surface area contributed by atoms with Crippen molar-refractivity contribution in [3.63, 3.8) is 0 Å². The molecule has 1 heterocycles. The lowest BCUT2D eigenvalue weighted by Gasteiger charge is -2.24. The van der Waals surface area contributed by atoms with Crippen molar-refractivity contribution >= 4 is 11.9 Å². The first kappa shape index (κ1) is 18.5. The van der Waals surface area contributed by atoms with Crippen LogP contribution < -0.4 is 4.72 Å². The summed E-state index contributed by atoms with van der Waals surface area (Å²) >= 11 is 1.75. The second-order valence-corrected chi connectivity index (χ2v) is 7.95. The Morgan fingerprint density at radius 2 is 1.60 bits per heavy atom. The zero-order valence-corrected chi connectivity index (χ0v) is 16.1. The maximum absolute atomic E-state index is 3.72. The molecule has 1 unspecified atom stereocenters. The fourth-order valence-electron chi connectivity index (χ4n) is 3.40. The molecule has 0 saturated carbocycles. The number of hydrogen-bond donors (Lipinski definition) is 1. The highest BCUT2D eigenvalue weighted by atomic mass is 32.2. The molecule has 3 rings (SSSR count). The van der Waals surface area contributed by atoms with Crippen LogP contribution in [-0.4, -0.2) is 24.5 Å². The van der Waals surface area contributed by atoms with Gasteiger partial charge in [-0.15, -0.1) is 0 Å². The van der Waals surface area contributed by atoms with E-state index in [1.165, 1.54) is 61.3 Å². The Balaban J connectivity index is 1.59. The number of nitrogens with zero attached hydrogens (tertiary/aromatic N) is 1. The highest BCUT2D eigenvalue weighted by Crippen LogP contribution is 2.24. The quantitative estimate of drug-likeness (QED) is 0.652. The van der Waals surface area contributed by atoms with Crippen LogP contribution in [0.1, 0.15) is 49.3 Å². The zero-order chi connectivity index (χ0) is 17.3. The van der Waals surface area contributed by atoms with Gasteiger partial charge in [0.1, 0.15) is 0 Å². The minimum absolute atomic E-state index is 0.385. The molecule has 0 amide bonds. The van der Waals surface area contributed by atoms with Crippen LogP contribution in [0.3, 0.4) is 0 Å². The van der Waals surface area contributed by atoms with Gasteiger partial charge in [0.2, 0.25) is 0 Å². The smallest absolute Gasteiger partial charge is 0.0436 e. The van der Waals surface area contributed by atoms with E-state index in [0.717, 1.165) is 6.42 Å². The second-order valence-electron chi connectivity index (χ2n) is 7.04. The monoisotopic (exact) mass is 354 g/mol. The first-order chi connectivity index (χ1) is 12.3. The van der Waals surface area contributed by atoms with Crippen molar-refractivity contribution in [2.24, 2.45) is 0 Å². The molecule has 1 aliphatic heterocycles. The summed E-state index contributed by atoms with van der Waals surface area (Å²) in [5.41, 5.74) is 2.70. The predicted molar refractivity (Wildman–Crippen MR) is 109 cm³/mol. The molecule has 0 bridgehead atoms. The second kappa shape index (κ2) is 10.0. The van der Waals surface area contributed by atoms with Gasteiger partial charge < -0.3 is 4.90 Å². The normalized spacial score (nSPS) is 17.2. The van der Waals surface area contributed by atoms with Crippen molar-refractivity contribution in [3.8, 4) is 0 Å². The molecule has 2 nitrogen and oxygen atoms in total. The average Bonchev–Trinajstić information content (AvgIpc) is 2.93. The number of likely N-dealkylation sites (tertiary alicyclic amines) is 1. The van der Waals surface area contributed by atoms with Crippen molar-refractivity contribution in [3.05, 3.63) is 65.7 Å². The Bertz CT molecular complexity index is 604. The summed E-state index contributed by atoms with van der Waals surface area (Å²) in [6.07, 6.45) is 6.69. The lowest BCUT2D eigenvalue weighted by atomic mass is 10.0. The minimum Gasteiger partial charge on any atom is -0.303 e. The molecule has 0 radical (unpaired) electrons. The molecule has 1 atom stereocenters. The van der Waals surface area contributed by atoms with Crippen molar-refractivity contribution in [1.82, 2.24) is 9.62 Å². The van der Waals surface area contributed by atoms with Gasteiger partial charge in [0.25, 0.3) is 0 Å². The molecule has 3 heteroatoms. The van der Waals surface area contributed by atoms with Crippen LogP contribution in [0.5, 0.6) is 0 Å². The van der Waals surface area contributed by atoms with Gasteiger partial charge in [-0.1, -0.05) is 60.9 Å². The third kappa shape index (κ3) is 6.18. The molecule has 0 aliphatic carbocycles. The largest absolute Gasteiger partial charge is 0.303 e. The number of rotatable bonds is 7. The Kier molecular flexibility index (Phi) is 7.40. The Labute approximate surface area is 157 Å². The van der Waals surface area contributed by atoms with Crippen LogP contribution in [0.2, 0.25) is 0 Å². The van der Waals surface area contributed by atoms with Gasteiger partial charge in [-0.3, -0.25) is 4.72 Å². The molecule has 25 heavy (non-hydrogen) atoms. The van der Waals surface area contributed by atoms with Crippen LogP contribution in [0.15, 0.2) is 59.5 Å². The van der Waals surface area contributed by atoms with Crippen molar-refractivity contribution < 1.29 is 0 Å². The molecular formula is C22H30N2S. The first-order valence-electron chi connectivity index (χ1n) is 9.57. The molecule has 2 aromatic carbocycles. The predicted octanol–water partition coefficient (Wildman–Crippen LogP) is 5.60. The van der Waals surface area contributed by atoms with E-state index in [4.69, 9.17) is 0 Å². The third-order valence-corrected chi connectivity index (χ3v) is 5.88. The van der Waals surface area contributed by atoms with E-state index in [1.54, 1.807) is 11.9 Å². The van der Waals surface area contributed by atoms with Crippen molar-refractivity contribution in [2.75, 3.05) is 19.6 Å². The molecule has 1 saturated heterocycles. The van der Waals surface area contributed by atoms with E-state index in [-0.39, 0.29) is 0 Å². The summed E-state index contributed by atoms with van der Waals surface area (Å²) in [5, 5.41) is 0. The Hall–Kier alpha value is -1.29. The number of hydrogen-bond acceptors (Lipinski definition) is 3. The highest BCUT2D eigenvalue weighted by Gasteiger charge is 2.15. The lowest BCUT2D eigenvalue weighted by molar-refractivity contribution is 0.271. The number of benzene rings is 2. The topological polar surface area (TPSA) is 15.3 Å². The minimum atomic E-state index is 0.385. The average molecular weight is 355 g/mol. The summed E-state index contributed by atoms with van der Waals surface area (Å²) in [6, 6.07) is 20.0. The Morgan fingerprint density at radius 3 is 2.28 bits per heavy atom. The van der Waals surface area contributed by atoms with Crippen molar-refractivity contribution in [2.45, 2.75) is 50.0 Å². The molecule has 134 valence electrons. The van der Waals surface area contributed by atoms with Crippen LogP contribution in [0.25, 0.3) is 0 Å². The van der Waals surface area contributed by atoms with Gasteiger partial charge >= 0.3 is 0 Å². The summed E-state index contributed by atoms with van der Waals surface area (Å²) in [4.78, 5) is 3.93. The number of aryl methyl sites for hydroxylation is 1. The molecular weight excluding hydrogens is 324 g/mol. The Morgan fingerprint density at radius 1 is 0.920 bits per heavy atom. The molecule has 1 fully saturated rings. The van der Waals surface area contributed by atoms with Gasteiger partial charge in [-0.25, -0.2) is 0 Å². The van der Waals surface area contributed by atoms with Gasteiger partial charge in [0, 0.05) is 10.9 Å². The fourth-order valence-corrected chi connectivity index (χ4v) is 4.20. The van der Waals surface area contributed by atoms with Crippen LogP contribution in [0, 0.1) is 6.92 Å². The van der Waals surface area contributed by atoms with E-state index < -0.39 is 0 Å². The van der Waals surface area contributed by atoms with Crippen molar-refractivity contribution in [1.29, 1.82) is 0 Å². The molecule has 0 aromatic heterocycles. The fraction of sp³-hybridized carbons (Fsp3) is 0.455. The molecule has 0 spiro atoms. The maximum Gasteiger partial charge on any atom is 0.0436 e. The lowest BCUT2D eigenvalue weighted by Crippen LogP contribution is -2.28. The summed E-state index contributed by atoms with van der Waals surface area (Å²) in [7, 11) is 0. The van der Waals surface area contributed by atoms with E-state index in [1.807, 2.05) is 0 Å². The van der Waals surface area contributed by atoms with Crippen LogP contribution in [0.4, 0.5) is 0 Å². The van der Waals surface area contributed by atoms with Crippen LogP contribution in [-0.2, 0) is 0 Å². The summed E-state index contributed by atoms with van der Waals surface area (Å²) in [5.74, 6) is 0. The standard InChI is InChI=1S/C22H30N2S/c1-19-11-13-21(14-12-19)25-23-22(20-9-5-4-6-10-20)15-18-24-16-7-2-3-8-17-24/h4-6,9-14,22-23H,2-3,7-8,15-18H2,1H3. The van der Waals surface area contributed by atoms with E-state index in [9.17, 15) is 0 Å². The number of nitrogens with one attached hydrogen (secondary N) is 1. The van der Waals surface area contributed by atoms with Gasteiger partial charge in [0.15, 0.2) is 0 Å². The zero-order valence-electron chi connectivity index (χ0n) is 15.3. The van der Waals surface area contributed by atoms with Gasteiger partial charge in [-0.2, -0.15) is 0 Å². The molecule has 1 aliphatic rings. The van der Waals surface area contributed by atoms with Crippen LogP contribution >= 0.6 is 11.9 Å². The molecule has 1 N–H and O–H groups in total. The maximum atomic E-state index is 3.72. The van der Waals surface area contributed by atoms with Gasteiger partial charge in [-0.05, 0) is 75.5 Å². The molecule has 2 aromatic rings. The highest BCUT2D eigenvalue weighted by molar-refractivity contribution is 7.97. The SMILES string of the molecule is Cc1ccc(SNC(CCN2CCCCCC2)c2ccccc2)cc1. The third-order valence-electron chi connectivity index (χ3n) is 4.97.